The first-order valence-electron chi connectivity index (χ1n) is 5.97. The standard InChI is InChI=1S/C12H20N4/c1-8-9(2)15-12(13)16-11(8)6-10-4-3-5-14-7-10/h10,14H,3-7H2,1-2H3,(H2,13,15,16). The fraction of sp³-hybridized carbons (Fsp3) is 0.667. The van der Waals surface area contributed by atoms with Crippen LogP contribution in [0.1, 0.15) is 29.8 Å². The van der Waals surface area contributed by atoms with E-state index in [1.54, 1.807) is 0 Å². The summed E-state index contributed by atoms with van der Waals surface area (Å²) in [6.45, 7) is 6.33. The minimum absolute atomic E-state index is 0.405. The van der Waals surface area contributed by atoms with Crippen molar-refractivity contribution in [3.8, 4) is 0 Å². The van der Waals surface area contributed by atoms with Crippen molar-refractivity contribution >= 4 is 5.95 Å². The van der Waals surface area contributed by atoms with E-state index in [9.17, 15) is 0 Å². The molecule has 0 amide bonds. The highest BCUT2D eigenvalue weighted by atomic mass is 15.0. The van der Waals surface area contributed by atoms with E-state index in [2.05, 4.69) is 22.2 Å². The molecule has 1 aromatic rings. The van der Waals surface area contributed by atoms with Crippen molar-refractivity contribution in [3.05, 3.63) is 17.0 Å². The van der Waals surface area contributed by atoms with Crippen LogP contribution < -0.4 is 11.1 Å². The molecule has 1 saturated heterocycles. The lowest BCUT2D eigenvalue weighted by Gasteiger charge is -2.23. The maximum absolute atomic E-state index is 5.70. The molecule has 3 N–H and O–H groups in total. The molecule has 16 heavy (non-hydrogen) atoms. The molecule has 1 aliphatic heterocycles. The number of nitrogens with zero attached hydrogens (tertiary/aromatic N) is 2. The fourth-order valence-electron chi connectivity index (χ4n) is 2.28. The van der Waals surface area contributed by atoms with Gasteiger partial charge in [0.15, 0.2) is 0 Å². The minimum atomic E-state index is 0.405. The quantitative estimate of drug-likeness (QED) is 0.786. The second-order valence-electron chi connectivity index (χ2n) is 4.66. The number of nitrogen functional groups attached to an aromatic ring is 1. The topological polar surface area (TPSA) is 63.8 Å². The summed E-state index contributed by atoms with van der Waals surface area (Å²) in [5.74, 6) is 1.10. The summed E-state index contributed by atoms with van der Waals surface area (Å²) in [7, 11) is 0. The smallest absolute Gasteiger partial charge is 0.220 e. The van der Waals surface area contributed by atoms with Gasteiger partial charge in [0.2, 0.25) is 5.95 Å². The van der Waals surface area contributed by atoms with Crippen LogP contribution in [0.4, 0.5) is 5.95 Å². The van der Waals surface area contributed by atoms with Gasteiger partial charge in [-0.3, -0.25) is 0 Å². The molecule has 2 rings (SSSR count). The third-order valence-corrected chi connectivity index (χ3v) is 3.39. The van der Waals surface area contributed by atoms with Gasteiger partial charge in [0.25, 0.3) is 0 Å². The monoisotopic (exact) mass is 220 g/mol. The summed E-state index contributed by atoms with van der Waals surface area (Å²) in [4.78, 5) is 8.54. The highest BCUT2D eigenvalue weighted by Gasteiger charge is 2.16. The summed E-state index contributed by atoms with van der Waals surface area (Å²) >= 11 is 0. The average molecular weight is 220 g/mol. The summed E-state index contributed by atoms with van der Waals surface area (Å²) in [5, 5.41) is 3.43. The Kier molecular flexibility index (Phi) is 3.39. The van der Waals surface area contributed by atoms with Crippen molar-refractivity contribution < 1.29 is 0 Å². The summed E-state index contributed by atoms with van der Waals surface area (Å²) < 4.78 is 0. The molecule has 1 aromatic heterocycles. The Morgan fingerprint density at radius 1 is 1.38 bits per heavy atom. The summed E-state index contributed by atoms with van der Waals surface area (Å²) in [6.07, 6.45) is 3.57. The molecule has 1 fully saturated rings. The second kappa shape index (κ2) is 4.78. The van der Waals surface area contributed by atoms with Crippen LogP contribution in [0, 0.1) is 19.8 Å². The molecule has 0 saturated carbocycles. The van der Waals surface area contributed by atoms with E-state index in [1.807, 2.05) is 6.92 Å². The normalized spacial score (nSPS) is 21.0. The van der Waals surface area contributed by atoms with Gasteiger partial charge < -0.3 is 11.1 Å². The molecule has 0 bridgehead atoms. The van der Waals surface area contributed by atoms with Crippen LogP contribution in [0.2, 0.25) is 0 Å². The second-order valence-corrected chi connectivity index (χ2v) is 4.66. The van der Waals surface area contributed by atoms with Crippen LogP contribution in [0.25, 0.3) is 0 Å². The van der Waals surface area contributed by atoms with Crippen LogP contribution >= 0.6 is 0 Å². The van der Waals surface area contributed by atoms with Crippen molar-refractivity contribution in [2.75, 3.05) is 18.8 Å². The van der Waals surface area contributed by atoms with E-state index in [1.165, 1.54) is 18.4 Å². The van der Waals surface area contributed by atoms with Crippen molar-refractivity contribution in [3.63, 3.8) is 0 Å². The van der Waals surface area contributed by atoms with Crippen LogP contribution in [0.3, 0.4) is 0 Å². The Labute approximate surface area is 96.7 Å². The lowest BCUT2D eigenvalue weighted by atomic mass is 9.93. The number of rotatable bonds is 2. The van der Waals surface area contributed by atoms with E-state index in [-0.39, 0.29) is 0 Å². The van der Waals surface area contributed by atoms with Crippen molar-refractivity contribution in [1.29, 1.82) is 0 Å². The molecular formula is C12H20N4. The molecule has 0 spiro atoms. The lowest BCUT2D eigenvalue weighted by Crippen LogP contribution is -2.31. The number of aryl methyl sites for hydroxylation is 1. The van der Waals surface area contributed by atoms with Gasteiger partial charge in [0, 0.05) is 11.4 Å². The van der Waals surface area contributed by atoms with Crippen molar-refractivity contribution in [1.82, 2.24) is 15.3 Å². The molecule has 0 aromatic carbocycles. The van der Waals surface area contributed by atoms with E-state index in [4.69, 9.17) is 5.73 Å². The average Bonchev–Trinajstić information content (AvgIpc) is 2.27. The van der Waals surface area contributed by atoms with Gasteiger partial charge >= 0.3 is 0 Å². The third kappa shape index (κ3) is 2.50. The first-order chi connectivity index (χ1) is 7.66. The predicted molar refractivity (Wildman–Crippen MR) is 65.2 cm³/mol. The van der Waals surface area contributed by atoms with Crippen LogP contribution in [-0.2, 0) is 6.42 Å². The SMILES string of the molecule is Cc1nc(N)nc(CC2CCCNC2)c1C. The predicted octanol–water partition coefficient (Wildman–Crippen LogP) is 1.22. The van der Waals surface area contributed by atoms with Gasteiger partial charge in [-0.25, -0.2) is 9.97 Å². The third-order valence-electron chi connectivity index (χ3n) is 3.39. The molecule has 88 valence electrons. The van der Waals surface area contributed by atoms with E-state index in [0.717, 1.165) is 30.9 Å². The zero-order valence-electron chi connectivity index (χ0n) is 10.1. The van der Waals surface area contributed by atoms with E-state index in [0.29, 0.717) is 11.9 Å². The van der Waals surface area contributed by atoms with Gasteiger partial charge in [-0.05, 0) is 57.7 Å². The molecular weight excluding hydrogens is 200 g/mol. The highest BCUT2D eigenvalue weighted by molar-refractivity contribution is 5.30. The van der Waals surface area contributed by atoms with Gasteiger partial charge in [-0.2, -0.15) is 0 Å². The largest absolute Gasteiger partial charge is 0.368 e. The zero-order chi connectivity index (χ0) is 11.5. The van der Waals surface area contributed by atoms with Gasteiger partial charge in [-0.1, -0.05) is 0 Å². The number of hydrogen-bond donors (Lipinski definition) is 2. The number of nitrogens with one attached hydrogen (secondary N) is 1. The fourth-order valence-corrected chi connectivity index (χ4v) is 2.28. The van der Waals surface area contributed by atoms with Crippen LogP contribution in [0.5, 0.6) is 0 Å². The number of anilines is 1. The van der Waals surface area contributed by atoms with Crippen molar-refractivity contribution in [2.24, 2.45) is 5.92 Å². The number of hydrogen-bond acceptors (Lipinski definition) is 4. The molecule has 0 aliphatic carbocycles. The van der Waals surface area contributed by atoms with Crippen LogP contribution in [0.15, 0.2) is 0 Å². The van der Waals surface area contributed by atoms with Gasteiger partial charge in [0.1, 0.15) is 0 Å². The van der Waals surface area contributed by atoms with E-state index < -0.39 is 0 Å². The Balaban J connectivity index is 2.13. The Hall–Kier alpha value is -1.16. The van der Waals surface area contributed by atoms with E-state index >= 15 is 0 Å². The number of aromatic nitrogens is 2. The molecule has 0 radical (unpaired) electrons. The summed E-state index contributed by atoms with van der Waals surface area (Å²) in [6, 6.07) is 0. The zero-order valence-corrected chi connectivity index (χ0v) is 10.1. The lowest BCUT2D eigenvalue weighted by molar-refractivity contribution is 0.373. The molecule has 1 unspecified atom stereocenters. The molecule has 1 atom stereocenters. The van der Waals surface area contributed by atoms with Crippen molar-refractivity contribution in [2.45, 2.75) is 33.1 Å². The maximum Gasteiger partial charge on any atom is 0.220 e. The highest BCUT2D eigenvalue weighted by Crippen LogP contribution is 2.19. The molecule has 4 heteroatoms. The number of nitrogens with two attached hydrogens (primary N) is 1. The first-order valence-corrected chi connectivity index (χ1v) is 5.97. The molecule has 1 aliphatic rings. The summed E-state index contributed by atoms with van der Waals surface area (Å²) in [5.41, 5.74) is 9.02. The van der Waals surface area contributed by atoms with Crippen LogP contribution in [-0.4, -0.2) is 23.1 Å². The Bertz CT molecular complexity index is 370. The minimum Gasteiger partial charge on any atom is -0.368 e. The van der Waals surface area contributed by atoms with Gasteiger partial charge in [0.05, 0.1) is 0 Å². The Morgan fingerprint density at radius 3 is 2.88 bits per heavy atom. The first kappa shape index (κ1) is 11.3. The number of piperidine rings is 1. The van der Waals surface area contributed by atoms with Gasteiger partial charge in [-0.15, -0.1) is 0 Å². The Morgan fingerprint density at radius 2 is 2.19 bits per heavy atom. The molecule has 4 nitrogen and oxygen atoms in total. The molecule has 2 heterocycles. The maximum atomic E-state index is 5.70.